The van der Waals surface area contributed by atoms with Gasteiger partial charge >= 0.3 is 0 Å². The Balaban J connectivity index is 2.26. The molecule has 0 amide bonds. The van der Waals surface area contributed by atoms with E-state index in [0.29, 0.717) is 0 Å². The van der Waals surface area contributed by atoms with E-state index >= 15 is 0 Å². The van der Waals surface area contributed by atoms with Gasteiger partial charge in [-0.3, -0.25) is 0 Å². The van der Waals surface area contributed by atoms with Crippen molar-refractivity contribution in [1.82, 2.24) is 5.32 Å². The van der Waals surface area contributed by atoms with Gasteiger partial charge in [0.2, 0.25) is 0 Å². The highest BCUT2D eigenvalue weighted by molar-refractivity contribution is 5.47. The Morgan fingerprint density at radius 2 is 1.67 bits per heavy atom. The molecule has 0 spiro atoms. The van der Waals surface area contributed by atoms with Crippen LogP contribution in [-0.2, 0) is 0 Å². The first kappa shape index (κ1) is 13.3. The zero-order valence-corrected chi connectivity index (χ0v) is 11.8. The van der Waals surface area contributed by atoms with Gasteiger partial charge in [0.1, 0.15) is 5.82 Å². The minimum atomic E-state index is -0.176. The second-order valence-corrected chi connectivity index (χ2v) is 6.73. The Kier molecular flexibility index (Phi) is 3.37. The van der Waals surface area contributed by atoms with E-state index in [9.17, 15) is 4.39 Å². The van der Waals surface area contributed by atoms with Crippen LogP contribution in [0.1, 0.15) is 27.7 Å². The zero-order valence-electron chi connectivity index (χ0n) is 11.8. The topological polar surface area (TPSA) is 15.3 Å². The van der Waals surface area contributed by atoms with E-state index < -0.39 is 0 Å². The Labute approximate surface area is 109 Å². The molecule has 0 saturated carbocycles. The lowest BCUT2D eigenvalue weighted by molar-refractivity contribution is 0.332. The smallest absolute Gasteiger partial charge is 0.123 e. The van der Waals surface area contributed by atoms with E-state index in [1.807, 2.05) is 12.1 Å². The van der Waals surface area contributed by atoms with E-state index in [1.54, 1.807) is 0 Å². The van der Waals surface area contributed by atoms with Crippen molar-refractivity contribution in [2.24, 2.45) is 5.41 Å². The van der Waals surface area contributed by atoms with Crippen molar-refractivity contribution in [3.8, 4) is 0 Å². The van der Waals surface area contributed by atoms with Crippen molar-refractivity contribution < 1.29 is 4.39 Å². The normalized spacial score (nSPS) is 22.6. The Morgan fingerprint density at radius 3 is 2.28 bits per heavy atom. The monoisotopic (exact) mass is 250 g/mol. The summed E-state index contributed by atoms with van der Waals surface area (Å²) < 4.78 is 13.0. The number of hydrogen-bond acceptors (Lipinski definition) is 2. The first-order valence-electron chi connectivity index (χ1n) is 6.53. The molecule has 3 heteroatoms. The van der Waals surface area contributed by atoms with Gasteiger partial charge in [0, 0.05) is 30.9 Å². The molecule has 0 radical (unpaired) electrons. The maximum atomic E-state index is 13.0. The summed E-state index contributed by atoms with van der Waals surface area (Å²) >= 11 is 0. The molecule has 18 heavy (non-hydrogen) atoms. The van der Waals surface area contributed by atoms with E-state index in [0.717, 1.165) is 25.3 Å². The summed E-state index contributed by atoms with van der Waals surface area (Å²) in [6.07, 6.45) is 0. The molecule has 0 aliphatic carbocycles. The standard InChI is InChI=1S/C15H23FN2/c1-14(2)9-17-15(3,4)11-18(10-14)13-7-5-12(16)6-8-13/h5-8,17H,9-11H2,1-4H3. The summed E-state index contributed by atoms with van der Waals surface area (Å²) in [4.78, 5) is 2.35. The van der Waals surface area contributed by atoms with Crippen LogP contribution >= 0.6 is 0 Å². The van der Waals surface area contributed by atoms with Crippen LogP contribution in [0, 0.1) is 11.2 Å². The maximum Gasteiger partial charge on any atom is 0.123 e. The largest absolute Gasteiger partial charge is 0.369 e. The number of anilines is 1. The second-order valence-electron chi connectivity index (χ2n) is 6.73. The Hall–Kier alpha value is -1.09. The molecule has 1 N–H and O–H groups in total. The average molecular weight is 250 g/mol. The fourth-order valence-corrected chi connectivity index (χ4v) is 2.47. The van der Waals surface area contributed by atoms with Crippen molar-refractivity contribution in [3.05, 3.63) is 30.1 Å². The van der Waals surface area contributed by atoms with Crippen LogP contribution < -0.4 is 10.2 Å². The lowest BCUT2D eigenvalue weighted by Gasteiger charge is -2.32. The molecule has 0 unspecified atom stereocenters. The van der Waals surface area contributed by atoms with E-state index in [4.69, 9.17) is 0 Å². The summed E-state index contributed by atoms with van der Waals surface area (Å²) in [5.41, 5.74) is 1.38. The quantitative estimate of drug-likeness (QED) is 0.824. The maximum absolute atomic E-state index is 13.0. The first-order chi connectivity index (χ1) is 8.27. The van der Waals surface area contributed by atoms with Crippen molar-refractivity contribution in [1.29, 1.82) is 0 Å². The molecule has 1 aliphatic heterocycles. The predicted octanol–water partition coefficient (Wildman–Crippen LogP) is 3.04. The molecule has 0 aromatic heterocycles. The highest BCUT2D eigenvalue weighted by Gasteiger charge is 2.32. The van der Waals surface area contributed by atoms with Crippen LogP contribution in [-0.4, -0.2) is 25.2 Å². The van der Waals surface area contributed by atoms with Crippen molar-refractivity contribution in [3.63, 3.8) is 0 Å². The summed E-state index contributed by atoms with van der Waals surface area (Å²) in [6, 6.07) is 6.81. The van der Waals surface area contributed by atoms with Gasteiger partial charge in [-0.15, -0.1) is 0 Å². The van der Waals surface area contributed by atoms with E-state index in [2.05, 4.69) is 37.9 Å². The van der Waals surface area contributed by atoms with Gasteiger partial charge in [0.15, 0.2) is 0 Å². The summed E-state index contributed by atoms with van der Waals surface area (Å²) in [6.45, 7) is 11.9. The second kappa shape index (κ2) is 4.54. The summed E-state index contributed by atoms with van der Waals surface area (Å²) in [7, 11) is 0. The molecular formula is C15H23FN2. The van der Waals surface area contributed by atoms with Gasteiger partial charge in [-0.25, -0.2) is 4.39 Å². The third-order valence-electron chi connectivity index (χ3n) is 3.44. The number of rotatable bonds is 1. The van der Waals surface area contributed by atoms with Crippen LogP contribution in [0.25, 0.3) is 0 Å². The van der Waals surface area contributed by atoms with E-state index in [1.165, 1.54) is 12.1 Å². The summed E-state index contributed by atoms with van der Waals surface area (Å²) in [5.74, 6) is -0.176. The minimum Gasteiger partial charge on any atom is -0.369 e. The fraction of sp³-hybridized carbons (Fsp3) is 0.600. The molecule has 1 saturated heterocycles. The van der Waals surface area contributed by atoms with E-state index in [-0.39, 0.29) is 16.8 Å². The molecule has 1 aliphatic rings. The third-order valence-corrected chi connectivity index (χ3v) is 3.44. The summed E-state index contributed by atoms with van der Waals surface area (Å²) in [5, 5.41) is 3.61. The minimum absolute atomic E-state index is 0.0716. The van der Waals surface area contributed by atoms with Gasteiger partial charge < -0.3 is 10.2 Å². The molecule has 1 fully saturated rings. The molecule has 2 rings (SSSR count). The SMILES string of the molecule is CC1(C)CNC(C)(C)CN(c2ccc(F)cc2)C1. The van der Waals surface area contributed by atoms with Crippen LogP contribution in [0.4, 0.5) is 10.1 Å². The van der Waals surface area contributed by atoms with Crippen molar-refractivity contribution >= 4 is 5.69 Å². The van der Waals surface area contributed by atoms with Crippen LogP contribution in [0.15, 0.2) is 24.3 Å². The Morgan fingerprint density at radius 1 is 1.06 bits per heavy atom. The predicted molar refractivity (Wildman–Crippen MR) is 74.5 cm³/mol. The molecule has 1 aromatic carbocycles. The number of nitrogens with zero attached hydrogens (tertiary/aromatic N) is 1. The zero-order chi connectivity index (χ0) is 13.4. The number of nitrogens with one attached hydrogen (secondary N) is 1. The van der Waals surface area contributed by atoms with Crippen molar-refractivity contribution in [2.75, 3.05) is 24.5 Å². The molecule has 0 atom stereocenters. The van der Waals surface area contributed by atoms with Crippen LogP contribution in [0.2, 0.25) is 0 Å². The third kappa shape index (κ3) is 3.22. The number of benzene rings is 1. The highest BCUT2D eigenvalue weighted by Crippen LogP contribution is 2.27. The van der Waals surface area contributed by atoms with Gasteiger partial charge in [-0.05, 0) is 43.5 Å². The average Bonchev–Trinajstić information content (AvgIpc) is 2.36. The first-order valence-corrected chi connectivity index (χ1v) is 6.53. The van der Waals surface area contributed by atoms with Gasteiger partial charge in [-0.1, -0.05) is 13.8 Å². The molecular weight excluding hydrogens is 227 g/mol. The Bertz CT molecular complexity index is 391. The van der Waals surface area contributed by atoms with Gasteiger partial charge in [0.05, 0.1) is 0 Å². The lowest BCUT2D eigenvalue weighted by atomic mass is 9.93. The molecule has 1 aromatic rings. The number of halogens is 1. The molecule has 2 nitrogen and oxygen atoms in total. The lowest BCUT2D eigenvalue weighted by Crippen LogP contribution is -2.46. The molecule has 100 valence electrons. The fourth-order valence-electron chi connectivity index (χ4n) is 2.47. The van der Waals surface area contributed by atoms with Crippen molar-refractivity contribution in [2.45, 2.75) is 33.2 Å². The van der Waals surface area contributed by atoms with Crippen LogP contribution in [0.3, 0.4) is 0 Å². The molecule has 0 bridgehead atoms. The highest BCUT2D eigenvalue weighted by atomic mass is 19.1. The molecule has 1 heterocycles. The van der Waals surface area contributed by atoms with Crippen LogP contribution in [0.5, 0.6) is 0 Å². The van der Waals surface area contributed by atoms with Gasteiger partial charge in [0.25, 0.3) is 0 Å². The number of hydrogen-bond donors (Lipinski definition) is 1. The van der Waals surface area contributed by atoms with Gasteiger partial charge in [-0.2, -0.15) is 0 Å².